The maximum absolute atomic E-state index is 5.56. The predicted molar refractivity (Wildman–Crippen MR) is 70.2 cm³/mol. The quantitative estimate of drug-likeness (QED) is 0.707. The van der Waals surface area contributed by atoms with Crippen LogP contribution in [-0.4, -0.2) is 29.0 Å². The molecule has 98 valence electrons. The Bertz CT molecular complexity index is 309. The molecular formula is C13H25N3O. The van der Waals surface area contributed by atoms with Gasteiger partial charge in [-0.3, -0.25) is 4.68 Å². The molecule has 1 rings (SSSR count). The molecule has 0 saturated carbocycles. The molecule has 1 aromatic rings. The highest BCUT2D eigenvalue weighted by Crippen LogP contribution is 2.07. The topological polar surface area (TPSA) is 39.1 Å². The van der Waals surface area contributed by atoms with Crippen LogP contribution >= 0.6 is 0 Å². The lowest BCUT2D eigenvalue weighted by Gasteiger charge is -2.14. The van der Waals surface area contributed by atoms with Crippen molar-refractivity contribution in [2.24, 2.45) is 13.0 Å². The van der Waals surface area contributed by atoms with E-state index in [0.717, 1.165) is 18.2 Å². The largest absolute Gasteiger partial charge is 0.489 e. The van der Waals surface area contributed by atoms with Crippen molar-refractivity contribution in [3.8, 4) is 5.75 Å². The zero-order chi connectivity index (χ0) is 12.7. The van der Waals surface area contributed by atoms with Crippen molar-refractivity contribution in [3.63, 3.8) is 0 Å². The first-order chi connectivity index (χ1) is 8.08. The van der Waals surface area contributed by atoms with Crippen molar-refractivity contribution in [2.75, 3.05) is 13.2 Å². The fraction of sp³-hybridized carbons (Fsp3) is 0.769. The Balaban J connectivity index is 2.03. The second kappa shape index (κ2) is 7.33. The third kappa shape index (κ3) is 6.31. The summed E-state index contributed by atoms with van der Waals surface area (Å²) in [7, 11) is 1.89. The van der Waals surface area contributed by atoms with E-state index in [1.165, 1.54) is 12.8 Å². The highest BCUT2D eigenvalue weighted by atomic mass is 16.5. The van der Waals surface area contributed by atoms with Gasteiger partial charge in [0.05, 0.1) is 12.4 Å². The average molecular weight is 239 g/mol. The fourth-order valence-corrected chi connectivity index (χ4v) is 1.63. The minimum atomic E-state index is 0.565. The van der Waals surface area contributed by atoms with Crippen molar-refractivity contribution in [2.45, 2.75) is 39.7 Å². The van der Waals surface area contributed by atoms with Gasteiger partial charge in [0.15, 0.2) is 5.75 Å². The van der Waals surface area contributed by atoms with Crippen molar-refractivity contribution in [1.82, 2.24) is 15.1 Å². The maximum Gasteiger partial charge on any atom is 0.157 e. The highest BCUT2D eigenvalue weighted by molar-refractivity contribution is 5.11. The third-order valence-corrected chi connectivity index (χ3v) is 2.72. The van der Waals surface area contributed by atoms with Crippen LogP contribution < -0.4 is 10.1 Å². The average Bonchev–Trinajstić information content (AvgIpc) is 2.68. The van der Waals surface area contributed by atoms with Crippen LogP contribution in [-0.2, 0) is 7.05 Å². The number of hydrogen-bond donors (Lipinski definition) is 1. The molecule has 0 aliphatic heterocycles. The smallest absolute Gasteiger partial charge is 0.157 e. The fourth-order valence-electron chi connectivity index (χ4n) is 1.63. The Morgan fingerprint density at radius 2 is 2.12 bits per heavy atom. The van der Waals surface area contributed by atoms with Crippen LogP contribution in [0.3, 0.4) is 0 Å². The number of aryl methyl sites for hydroxylation is 1. The van der Waals surface area contributed by atoms with E-state index in [0.29, 0.717) is 12.6 Å². The van der Waals surface area contributed by atoms with Gasteiger partial charge in [0.2, 0.25) is 0 Å². The van der Waals surface area contributed by atoms with Crippen LogP contribution in [0.4, 0.5) is 0 Å². The minimum absolute atomic E-state index is 0.565. The molecule has 4 nitrogen and oxygen atoms in total. The summed E-state index contributed by atoms with van der Waals surface area (Å²) in [4.78, 5) is 0. The van der Waals surface area contributed by atoms with Crippen molar-refractivity contribution < 1.29 is 4.74 Å². The lowest BCUT2D eigenvalue weighted by Crippen LogP contribution is -2.30. The molecule has 1 heterocycles. The van der Waals surface area contributed by atoms with Gasteiger partial charge in [-0.2, -0.15) is 5.10 Å². The van der Waals surface area contributed by atoms with Crippen LogP contribution in [0.15, 0.2) is 12.4 Å². The van der Waals surface area contributed by atoms with Crippen LogP contribution in [0.1, 0.15) is 33.6 Å². The number of nitrogens with zero attached hydrogens (tertiary/aromatic N) is 2. The Hall–Kier alpha value is -1.03. The van der Waals surface area contributed by atoms with Gasteiger partial charge < -0.3 is 10.1 Å². The first-order valence-corrected chi connectivity index (χ1v) is 6.42. The van der Waals surface area contributed by atoms with E-state index < -0.39 is 0 Å². The molecule has 0 bridgehead atoms. The van der Waals surface area contributed by atoms with Crippen LogP contribution in [0.2, 0.25) is 0 Å². The number of hydrogen-bond acceptors (Lipinski definition) is 3. The van der Waals surface area contributed by atoms with Gasteiger partial charge in [-0.15, -0.1) is 0 Å². The molecule has 0 saturated heterocycles. The molecule has 0 fully saturated rings. The molecule has 0 radical (unpaired) electrons. The second-order valence-electron chi connectivity index (χ2n) is 5.02. The summed E-state index contributed by atoms with van der Waals surface area (Å²) in [5.74, 6) is 1.62. The summed E-state index contributed by atoms with van der Waals surface area (Å²) < 4.78 is 7.30. The summed E-state index contributed by atoms with van der Waals surface area (Å²) >= 11 is 0. The molecule has 0 aliphatic carbocycles. The van der Waals surface area contributed by atoms with Gasteiger partial charge in [-0.25, -0.2) is 0 Å². The zero-order valence-corrected chi connectivity index (χ0v) is 11.4. The van der Waals surface area contributed by atoms with Gasteiger partial charge >= 0.3 is 0 Å². The Labute approximate surface area is 104 Å². The molecule has 1 unspecified atom stereocenters. The Kier molecular flexibility index (Phi) is 6.05. The normalized spacial score (nSPS) is 13.0. The van der Waals surface area contributed by atoms with Gasteiger partial charge in [0.25, 0.3) is 0 Å². The van der Waals surface area contributed by atoms with E-state index in [2.05, 4.69) is 31.2 Å². The first-order valence-electron chi connectivity index (χ1n) is 6.42. The number of rotatable bonds is 8. The zero-order valence-electron chi connectivity index (χ0n) is 11.4. The number of nitrogens with one attached hydrogen (secondary N) is 1. The summed E-state index contributed by atoms with van der Waals surface area (Å²) in [6, 6.07) is 0.565. The lowest BCUT2D eigenvalue weighted by molar-refractivity contribution is 0.302. The van der Waals surface area contributed by atoms with Crippen molar-refractivity contribution >= 4 is 0 Å². The highest BCUT2D eigenvalue weighted by Gasteiger charge is 2.03. The van der Waals surface area contributed by atoms with Gasteiger partial charge in [0.1, 0.15) is 6.61 Å². The second-order valence-corrected chi connectivity index (χ2v) is 5.02. The summed E-state index contributed by atoms with van der Waals surface area (Å²) in [6.45, 7) is 8.33. The molecule has 0 spiro atoms. The minimum Gasteiger partial charge on any atom is -0.489 e. The predicted octanol–water partition coefficient (Wildman–Crippen LogP) is 2.21. The molecule has 0 aliphatic rings. The van der Waals surface area contributed by atoms with Crippen molar-refractivity contribution in [1.29, 1.82) is 0 Å². The SMILES string of the molecule is CC(C)CCC(C)NCCOc1cnn(C)c1. The molecule has 0 aromatic carbocycles. The van der Waals surface area contributed by atoms with Gasteiger partial charge in [0, 0.05) is 19.6 Å². The van der Waals surface area contributed by atoms with E-state index in [-0.39, 0.29) is 0 Å². The third-order valence-electron chi connectivity index (χ3n) is 2.72. The van der Waals surface area contributed by atoms with Gasteiger partial charge in [-0.1, -0.05) is 13.8 Å². The molecule has 17 heavy (non-hydrogen) atoms. The summed E-state index contributed by atoms with van der Waals surface area (Å²) in [5, 5.41) is 7.51. The van der Waals surface area contributed by atoms with E-state index in [4.69, 9.17) is 4.74 Å². The Morgan fingerprint density at radius 3 is 2.71 bits per heavy atom. The Morgan fingerprint density at radius 1 is 1.35 bits per heavy atom. The first kappa shape index (κ1) is 14.0. The lowest BCUT2D eigenvalue weighted by atomic mass is 10.0. The number of aromatic nitrogens is 2. The van der Waals surface area contributed by atoms with Crippen LogP contribution in [0.5, 0.6) is 5.75 Å². The monoisotopic (exact) mass is 239 g/mol. The molecule has 4 heteroatoms. The van der Waals surface area contributed by atoms with Crippen molar-refractivity contribution in [3.05, 3.63) is 12.4 Å². The summed E-state index contributed by atoms with van der Waals surface area (Å²) in [6.07, 6.45) is 6.12. The van der Waals surface area contributed by atoms with Gasteiger partial charge in [-0.05, 0) is 25.7 Å². The van der Waals surface area contributed by atoms with E-state index >= 15 is 0 Å². The molecular weight excluding hydrogens is 214 g/mol. The molecule has 1 atom stereocenters. The van der Waals surface area contributed by atoms with Crippen LogP contribution in [0.25, 0.3) is 0 Å². The molecule has 0 amide bonds. The van der Waals surface area contributed by atoms with E-state index in [1.54, 1.807) is 10.9 Å². The van der Waals surface area contributed by atoms with Crippen LogP contribution in [0, 0.1) is 5.92 Å². The summed E-state index contributed by atoms with van der Waals surface area (Å²) in [5.41, 5.74) is 0. The van der Waals surface area contributed by atoms with E-state index in [9.17, 15) is 0 Å². The van der Waals surface area contributed by atoms with E-state index in [1.807, 2.05) is 13.2 Å². The standard InChI is InChI=1S/C13H25N3O/c1-11(2)5-6-12(3)14-7-8-17-13-9-15-16(4)10-13/h9-12,14H,5-8H2,1-4H3. The molecule has 1 N–H and O–H groups in total. The number of ether oxygens (including phenoxy) is 1. The molecule has 1 aromatic heterocycles. The maximum atomic E-state index is 5.56.